The Morgan fingerprint density at radius 1 is 1.50 bits per heavy atom. The normalized spacial score (nSPS) is 37.8. The molecule has 1 aliphatic heterocycles. The molecule has 4 heteroatoms. The third kappa shape index (κ3) is 3.57. The van der Waals surface area contributed by atoms with Gasteiger partial charge in [-0.05, 0) is 45.4 Å². The maximum atomic E-state index is 5.87. The van der Waals surface area contributed by atoms with Crippen molar-refractivity contribution < 1.29 is 12.5 Å². The van der Waals surface area contributed by atoms with Crippen LogP contribution in [0.4, 0.5) is 0 Å². The summed E-state index contributed by atoms with van der Waals surface area (Å²) < 4.78 is 17.3. The molecular formula is C16H27IO3. The number of hydrogen-bond acceptors (Lipinski definition) is 3. The van der Waals surface area contributed by atoms with E-state index in [2.05, 4.69) is 26.8 Å². The molecule has 1 saturated heterocycles. The van der Waals surface area contributed by atoms with Crippen LogP contribution in [0.15, 0.2) is 11.6 Å². The van der Waals surface area contributed by atoms with Crippen LogP contribution in [0.5, 0.6) is 0 Å². The van der Waals surface area contributed by atoms with E-state index in [1.165, 1.54) is 12.0 Å². The van der Waals surface area contributed by atoms with Gasteiger partial charge in [0.25, 0.3) is 0 Å². The van der Waals surface area contributed by atoms with E-state index in [9.17, 15) is 0 Å². The number of allylic oxidation sites excluding steroid dienone is 2. The maximum Gasteiger partial charge on any atom is 0.110 e. The van der Waals surface area contributed by atoms with E-state index in [4.69, 9.17) is 12.5 Å². The fraction of sp³-hybridized carbons (Fsp3) is 0.875. The largest absolute Gasteiger partial charge is 0.378 e. The lowest BCUT2D eigenvalue weighted by molar-refractivity contribution is -0.0921. The molecule has 3 nitrogen and oxygen atoms in total. The van der Waals surface area contributed by atoms with Crippen molar-refractivity contribution in [3.8, 4) is 0 Å². The van der Waals surface area contributed by atoms with Crippen molar-refractivity contribution in [2.24, 2.45) is 11.8 Å². The maximum absolute atomic E-state index is 5.87. The van der Waals surface area contributed by atoms with Crippen LogP contribution in [-0.2, 0) is 12.5 Å². The predicted octanol–water partition coefficient (Wildman–Crippen LogP) is 4.30. The highest BCUT2D eigenvalue weighted by Crippen LogP contribution is 2.51. The molecule has 2 fully saturated rings. The van der Waals surface area contributed by atoms with Gasteiger partial charge in [0.05, 0.1) is 24.4 Å². The summed E-state index contributed by atoms with van der Waals surface area (Å²) in [5.41, 5.74) is 1.48. The lowest BCUT2D eigenvalue weighted by atomic mass is 9.69. The lowest BCUT2D eigenvalue weighted by Crippen LogP contribution is -2.51. The van der Waals surface area contributed by atoms with E-state index < -0.39 is 0 Å². The average Bonchev–Trinajstić information content (AvgIpc) is 3.17. The monoisotopic (exact) mass is 394 g/mol. The molecule has 0 amide bonds. The fourth-order valence-electron chi connectivity index (χ4n) is 3.73. The molecule has 1 heterocycles. The summed E-state index contributed by atoms with van der Waals surface area (Å²) in [4.78, 5) is 0. The Morgan fingerprint density at radius 3 is 2.70 bits per heavy atom. The van der Waals surface area contributed by atoms with E-state index in [1.807, 2.05) is 30.1 Å². The summed E-state index contributed by atoms with van der Waals surface area (Å²) in [6, 6.07) is 0. The number of hydrogen-bond donors (Lipinski definition) is 0. The summed E-state index contributed by atoms with van der Waals surface area (Å²) in [5.74, 6) is 1.04. The summed E-state index contributed by atoms with van der Waals surface area (Å²) in [6.45, 7) is 7.57. The van der Waals surface area contributed by atoms with E-state index in [0.29, 0.717) is 11.8 Å². The van der Waals surface area contributed by atoms with Crippen LogP contribution in [0.1, 0.15) is 46.5 Å². The number of ether oxygens (including phenoxy) is 2. The standard InChI is InChI=1S/C16H27IO3/c1-11(2)6-5-7-12(3)14-15(18-4)13(20-17)8-9-16(14)10-19-16/h6,12-15H,5,7-10H2,1-4H3/t12-,13?,14?,15?,16+/m1/s1. The Bertz CT molecular complexity index is 348. The lowest BCUT2D eigenvalue weighted by Gasteiger charge is -2.42. The first-order chi connectivity index (χ1) is 9.54. The zero-order chi connectivity index (χ0) is 14.8. The van der Waals surface area contributed by atoms with Gasteiger partial charge in [-0.15, -0.1) is 0 Å². The Kier molecular flexibility index (Phi) is 5.91. The van der Waals surface area contributed by atoms with Gasteiger partial charge in [0.15, 0.2) is 0 Å². The average molecular weight is 394 g/mol. The summed E-state index contributed by atoms with van der Waals surface area (Å²) in [7, 11) is 1.81. The van der Waals surface area contributed by atoms with E-state index in [0.717, 1.165) is 25.9 Å². The van der Waals surface area contributed by atoms with Gasteiger partial charge in [-0.1, -0.05) is 18.6 Å². The van der Waals surface area contributed by atoms with Crippen molar-refractivity contribution in [1.82, 2.24) is 0 Å². The van der Waals surface area contributed by atoms with Crippen molar-refractivity contribution in [3.63, 3.8) is 0 Å². The quantitative estimate of drug-likeness (QED) is 0.383. The van der Waals surface area contributed by atoms with Crippen LogP contribution in [0.2, 0.25) is 0 Å². The molecule has 3 unspecified atom stereocenters. The van der Waals surface area contributed by atoms with Crippen molar-refractivity contribution in [3.05, 3.63) is 11.6 Å². The SMILES string of the molecule is COC1C(OI)CC[C@]2(CO2)C1[C@H](C)CCC=C(C)C. The highest BCUT2D eigenvalue weighted by Gasteiger charge is 2.60. The van der Waals surface area contributed by atoms with Gasteiger partial charge in [-0.25, -0.2) is 0 Å². The molecule has 0 radical (unpaired) electrons. The van der Waals surface area contributed by atoms with Gasteiger partial charge in [-0.2, -0.15) is 0 Å². The first-order valence-corrected chi connectivity index (χ1v) is 8.49. The molecule has 20 heavy (non-hydrogen) atoms. The molecule has 0 aromatic carbocycles. The number of methoxy groups -OCH3 is 1. The predicted molar refractivity (Wildman–Crippen MR) is 88.9 cm³/mol. The zero-order valence-corrected chi connectivity index (χ0v) is 15.2. The molecule has 0 bridgehead atoms. The van der Waals surface area contributed by atoms with Crippen LogP contribution < -0.4 is 0 Å². The van der Waals surface area contributed by atoms with Crippen LogP contribution in [-0.4, -0.2) is 31.5 Å². The van der Waals surface area contributed by atoms with Crippen molar-refractivity contribution >= 4 is 23.0 Å². The molecule has 0 aromatic rings. The first kappa shape index (κ1) is 16.7. The molecule has 2 aliphatic rings. The molecule has 1 saturated carbocycles. The van der Waals surface area contributed by atoms with E-state index >= 15 is 0 Å². The molecular weight excluding hydrogens is 367 g/mol. The van der Waals surface area contributed by atoms with Crippen molar-refractivity contribution in [1.29, 1.82) is 0 Å². The third-order valence-electron chi connectivity index (χ3n) is 4.87. The van der Waals surface area contributed by atoms with Gasteiger partial charge in [-0.3, -0.25) is 0 Å². The number of rotatable bonds is 6. The van der Waals surface area contributed by atoms with Gasteiger partial charge in [0.2, 0.25) is 0 Å². The molecule has 1 spiro atoms. The number of epoxide rings is 1. The Hall–Kier alpha value is 0.350. The summed E-state index contributed by atoms with van der Waals surface area (Å²) in [6.07, 6.45) is 7.16. The highest BCUT2D eigenvalue weighted by molar-refractivity contribution is 14.1. The van der Waals surface area contributed by atoms with Crippen LogP contribution in [0, 0.1) is 11.8 Å². The fourth-order valence-corrected chi connectivity index (χ4v) is 4.27. The van der Waals surface area contributed by atoms with Gasteiger partial charge < -0.3 is 12.5 Å². The summed E-state index contributed by atoms with van der Waals surface area (Å²) >= 11 is 2.02. The van der Waals surface area contributed by atoms with Gasteiger partial charge in [0, 0.05) is 13.0 Å². The second-order valence-electron chi connectivity index (χ2n) is 6.58. The van der Waals surface area contributed by atoms with Crippen molar-refractivity contribution in [2.75, 3.05) is 13.7 Å². The molecule has 0 aromatic heterocycles. The Morgan fingerprint density at radius 2 is 2.20 bits per heavy atom. The molecule has 1 aliphatic carbocycles. The smallest absolute Gasteiger partial charge is 0.110 e. The van der Waals surface area contributed by atoms with E-state index in [-0.39, 0.29) is 17.8 Å². The summed E-state index contributed by atoms with van der Waals surface area (Å²) in [5, 5.41) is 0. The second kappa shape index (κ2) is 7.07. The molecule has 5 atom stereocenters. The van der Waals surface area contributed by atoms with Crippen LogP contribution in [0.3, 0.4) is 0 Å². The first-order valence-electron chi connectivity index (χ1n) is 7.61. The topological polar surface area (TPSA) is 31.0 Å². The van der Waals surface area contributed by atoms with Crippen molar-refractivity contribution in [2.45, 2.75) is 64.3 Å². The van der Waals surface area contributed by atoms with E-state index in [1.54, 1.807) is 0 Å². The molecule has 116 valence electrons. The van der Waals surface area contributed by atoms with Gasteiger partial charge in [0.1, 0.15) is 23.0 Å². The third-order valence-corrected chi connectivity index (χ3v) is 5.52. The second-order valence-corrected chi connectivity index (χ2v) is 7.09. The van der Waals surface area contributed by atoms with Gasteiger partial charge >= 0.3 is 0 Å². The minimum atomic E-state index is 0.0801. The molecule has 2 rings (SSSR count). The highest BCUT2D eigenvalue weighted by atomic mass is 127. The Balaban J connectivity index is 2.05. The van der Waals surface area contributed by atoms with Crippen LogP contribution in [0.25, 0.3) is 0 Å². The zero-order valence-electron chi connectivity index (χ0n) is 13.0. The number of halogens is 1. The minimum Gasteiger partial charge on any atom is -0.378 e. The Labute approximate surface area is 137 Å². The molecule has 0 N–H and O–H groups in total. The van der Waals surface area contributed by atoms with Crippen LogP contribution >= 0.6 is 23.0 Å². The minimum absolute atomic E-state index is 0.0801.